The molecule has 0 saturated heterocycles. The minimum Gasteiger partial charge on any atom is -0.480 e. The smallest absolute Gasteiger partial charge is 0.325 e. The number of carboxylic acid groups (broad SMARTS) is 1. The summed E-state index contributed by atoms with van der Waals surface area (Å²) in [6, 6.07) is -0.872. The lowest BCUT2D eigenvalue weighted by molar-refractivity contribution is -0.203. The van der Waals surface area contributed by atoms with Crippen molar-refractivity contribution in [3.05, 3.63) is 11.6 Å². The highest BCUT2D eigenvalue weighted by molar-refractivity contribution is 5.88. The Hall–Kier alpha value is -1.36. The quantitative estimate of drug-likeness (QED) is 0.355. The van der Waals surface area contributed by atoms with E-state index in [1.807, 2.05) is 0 Å². The number of carbonyl (C=O) groups is 2. The van der Waals surface area contributed by atoms with Gasteiger partial charge in [-0.3, -0.25) is 9.59 Å². The van der Waals surface area contributed by atoms with Gasteiger partial charge in [0.15, 0.2) is 0 Å². The maximum atomic E-state index is 13.9. The van der Waals surface area contributed by atoms with Crippen LogP contribution in [0.25, 0.3) is 0 Å². The van der Waals surface area contributed by atoms with Crippen LogP contribution in [0, 0.1) is 50.2 Å². The lowest BCUT2D eigenvalue weighted by atomic mass is 9.33. The minimum absolute atomic E-state index is 0.0321. The fraction of sp³-hybridized carbons (Fsp3) is 0.879. The number of allylic oxidation sites excluding steroid dienone is 2. The number of carboxylic acids is 1. The highest BCUT2D eigenvalue weighted by atomic mass is 16.4. The molecule has 2 unspecified atom stereocenters. The fourth-order valence-electron chi connectivity index (χ4n) is 11.0. The third-order valence-electron chi connectivity index (χ3n) is 13.8. The zero-order valence-corrected chi connectivity index (χ0v) is 25.2. The zero-order valence-electron chi connectivity index (χ0n) is 25.2. The van der Waals surface area contributed by atoms with E-state index in [4.69, 9.17) is 0 Å². The van der Waals surface area contributed by atoms with E-state index in [1.165, 1.54) is 12.0 Å². The number of aliphatic hydroxyl groups is 1. The van der Waals surface area contributed by atoms with E-state index in [9.17, 15) is 19.8 Å². The third kappa shape index (κ3) is 3.65. The number of rotatable bonds is 3. The Labute approximate surface area is 230 Å². The average molecular weight is 528 g/mol. The third-order valence-corrected chi connectivity index (χ3v) is 13.8. The van der Waals surface area contributed by atoms with Gasteiger partial charge in [-0.05, 0) is 116 Å². The molecule has 5 nitrogen and oxygen atoms in total. The molecule has 5 aliphatic rings. The van der Waals surface area contributed by atoms with Crippen LogP contribution in [-0.4, -0.2) is 34.2 Å². The normalized spacial score (nSPS) is 47.8. The van der Waals surface area contributed by atoms with Crippen LogP contribution in [0.3, 0.4) is 0 Å². The zero-order chi connectivity index (χ0) is 28.1. The molecule has 4 saturated carbocycles. The van der Waals surface area contributed by atoms with Crippen LogP contribution in [0.4, 0.5) is 0 Å². The molecular weight excluding hydrogens is 474 g/mol. The second-order valence-electron chi connectivity index (χ2n) is 16.3. The summed E-state index contributed by atoms with van der Waals surface area (Å²) in [6.45, 7) is 18.5. The van der Waals surface area contributed by atoms with E-state index in [-0.39, 0.29) is 45.0 Å². The van der Waals surface area contributed by atoms with E-state index in [0.717, 1.165) is 57.8 Å². The standard InChI is InChI=1S/C33H53NO4/c1-20(26(36)37)34-27(38)33-17-15-28(2,3)19-22(33)21-9-10-24-30(6)13-12-25(35)29(4,5)23(30)11-14-32(24,8)31(21,7)16-18-33/h9,20,22-25,35H,10-19H2,1-8H3,(H,34,38)(H,36,37)/t20?,22-,23?,24+,25-,30-,31+,32+,33-/m0/s1. The van der Waals surface area contributed by atoms with Gasteiger partial charge in [-0.2, -0.15) is 0 Å². The second-order valence-corrected chi connectivity index (χ2v) is 16.3. The van der Waals surface area contributed by atoms with Gasteiger partial charge in [0.1, 0.15) is 6.04 Å². The largest absolute Gasteiger partial charge is 0.480 e. The number of hydrogen-bond acceptors (Lipinski definition) is 3. The molecule has 214 valence electrons. The molecule has 0 aromatic rings. The van der Waals surface area contributed by atoms with Crippen LogP contribution in [0.5, 0.6) is 0 Å². The van der Waals surface area contributed by atoms with Crippen molar-refractivity contribution in [3.63, 3.8) is 0 Å². The maximum Gasteiger partial charge on any atom is 0.325 e. The summed E-state index contributed by atoms with van der Waals surface area (Å²) in [5.41, 5.74) is 1.49. The lowest BCUT2D eigenvalue weighted by Gasteiger charge is -2.71. The van der Waals surface area contributed by atoms with Crippen molar-refractivity contribution in [2.45, 2.75) is 132 Å². The van der Waals surface area contributed by atoms with Crippen molar-refractivity contribution in [1.29, 1.82) is 0 Å². The van der Waals surface area contributed by atoms with Gasteiger partial charge in [0.25, 0.3) is 0 Å². The Bertz CT molecular complexity index is 1050. The van der Waals surface area contributed by atoms with Crippen LogP contribution >= 0.6 is 0 Å². The van der Waals surface area contributed by atoms with Crippen molar-refractivity contribution < 1.29 is 19.8 Å². The number of amides is 1. The van der Waals surface area contributed by atoms with Gasteiger partial charge in [-0.25, -0.2) is 0 Å². The molecule has 5 heteroatoms. The molecule has 9 atom stereocenters. The Balaban J connectivity index is 1.56. The Morgan fingerprint density at radius 1 is 0.921 bits per heavy atom. The van der Waals surface area contributed by atoms with Crippen molar-refractivity contribution in [1.82, 2.24) is 5.32 Å². The van der Waals surface area contributed by atoms with Crippen molar-refractivity contribution in [3.8, 4) is 0 Å². The lowest BCUT2D eigenvalue weighted by Crippen LogP contribution is -2.65. The monoisotopic (exact) mass is 527 g/mol. The Kier molecular flexibility index (Phi) is 6.36. The van der Waals surface area contributed by atoms with Gasteiger partial charge in [0.2, 0.25) is 5.91 Å². The number of fused-ring (bicyclic) bond motifs is 7. The molecular formula is C33H53NO4. The van der Waals surface area contributed by atoms with Crippen LogP contribution in [0.2, 0.25) is 0 Å². The Morgan fingerprint density at radius 2 is 1.58 bits per heavy atom. The van der Waals surface area contributed by atoms with Gasteiger partial charge >= 0.3 is 5.97 Å². The summed E-state index contributed by atoms with van der Waals surface area (Å²) in [6.07, 6.45) is 12.4. The molecule has 1 amide bonds. The van der Waals surface area contributed by atoms with Gasteiger partial charge in [0, 0.05) is 0 Å². The first-order valence-corrected chi connectivity index (χ1v) is 15.4. The van der Waals surface area contributed by atoms with Gasteiger partial charge in [0.05, 0.1) is 11.5 Å². The van der Waals surface area contributed by atoms with Gasteiger partial charge < -0.3 is 15.5 Å². The van der Waals surface area contributed by atoms with E-state index in [0.29, 0.717) is 11.8 Å². The first-order valence-electron chi connectivity index (χ1n) is 15.4. The molecule has 5 aliphatic carbocycles. The minimum atomic E-state index is -0.971. The number of aliphatic hydroxyl groups excluding tert-OH is 1. The molecule has 38 heavy (non-hydrogen) atoms. The molecule has 0 aliphatic heterocycles. The first kappa shape index (κ1) is 28.2. The molecule has 3 N–H and O–H groups in total. The van der Waals surface area contributed by atoms with Crippen LogP contribution in [-0.2, 0) is 9.59 Å². The molecule has 4 fully saturated rings. The number of aliphatic carboxylic acids is 1. The number of nitrogens with one attached hydrogen (secondary N) is 1. The summed E-state index contributed by atoms with van der Waals surface area (Å²) in [7, 11) is 0. The molecule has 0 spiro atoms. The van der Waals surface area contributed by atoms with E-state index in [2.05, 4.69) is 59.9 Å². The number of carbonyl (C=O) groups excluding carboxylic acids is 1. The topological polar surface area (TPSA) is 86.6 Å². The predicted octanol–water partition coefficient (Wildman–Crippen LogP) is 6.74. The maximum absolute atomic E-state index is 13.9. The summed E-state index contributed by atoms with van der Waals surface area (Å²) in [4.78, 5) is 25.6. The highest BCUT2D eigenvalue weighted by Crippen LogP contribution is 2.75. The van der Waals surface area contributed by atoms with Crippen LogP contribution < -0.4 is 5.32 Å². The van der Waals surface area contributed by atoms with E-state index >= 15 is 0 Å². The number of hydrogen-bond donors (Lipinski definition) is 3. The Morgan fingerprint density at radius 3 is 2.24 bits per heavy atom. The van der Waals surface area contributed by atoms with Crippen LogP contribution in [0.15, 0.2) is 11.6 Å². The molecule has 0 bridgehead atoms. The van der Waals surface area contributed by atoms with Crippen molar-refractivity contribution >= 4 is 11.9 Å². The van der Waals surface area contributed by atoms with E-state index in [1.54, 1.807) is 6.92 Å². The van der Waals surface area contributed by atoms with Crippen LogP contribution in [0.1, 0.15) is 120 Å². The van der Waals surface area contributed by atoms with Gasteiger partial charge in [-0.1, -0.05) is 60.1 Å². The summed E-state index contributed by atoms with van der Waals surface area (Å²) in [5, 5.41) is 23.4. The summed E-state index contributed by atoms with van der Waals surface area (Å²) in [5.74, 6) is 0.246. The SMILES string of the molecule is CC(NC(=O)[C@]12CCC(C)(C)C[C@H]1C1=CC[C@@H]3[C@@]4(C)CC[C@H](O)C(C)(C)C4CC[C@@]3(C)[C@]1(C)CC2)C(=O)O. The molecule has 0 radical (unpaired) electrons. The fourth-order valence-corrected chi connectivity index (χ4v) is 11.0. The molecule has 5 rings (SSSR count). The summed E-state index contributed by atoms with van der Waals surface area (Å²) < 4.78 is 0. The first-order chi connectivity index (χ1) is 17.4. The molecule has 0 aromatic heterocycles. The highest BCUT2D eigenvalue weighted by Gasteiger charge is 2.69. The molecule has 0 aromatic carbocycles. The van der Waals surface area contributed by atoms with Gasteiger partial charge in [-0.15, -0.1) is 0 Å². The molecule has 0 heterocycles. The average Bonchev–Trinajstić information content (AvgIpc) is 2.81. The second kappa shape index (κ2) is 8.57. The predicted molar refractivity (Wildman–Crippen MR) is 150 cm³/mol. The van der Waals surface area contributed by atoms with Crippen molar-refractivity contribution in [2.75, 3.05) is 0 Å². The summed E-state index contributed by atoms with van der Waals surface area (Å²) >= 11 is 0. The van der Waals surface area contributed by atoms with Crippen molar-refractivity contribution in [2.24, 2.45) is 50.2 Å². The van der Waals surface area contributed by atoms with E-state index < -0.39 is 17.4 Å².